The Labute approximate surface area is 177 Å². The molecule has 31 heavy (non-hydrogen) atoms. The molecule has 1 amide bonds. The van der Waals surface area contributed by atoms with E-state index >= 15 is 0 Å². The second-order valence-corrected chi connectivity index (χ2v) is 8.01. The smallest absolute Gasteiger partial charge is 0.355 e. The number of piperidine rings is 1. The van der Waals surface area contributed by atoms with Crippen molar-refractivity contribution in [2.45, 2.75) is 38.8 Å². The molecule has 0 unspecified atom stereocenters. The lowest BCUT2D eigenvalue weighted by atomic mass is 9.95. The van der Waals surface area contributed by atoms with Crippen LogP contribution in [0.1, 0.15) is 44.0 Å². The highest BCUT2D eigenvalue weighted by Gasteiger charge is 2.38. The Morgan fingerprint density at radius 3 is 2.35 bits per heavy atom. The summed E-state index contributed by atoms with van der Waals surface area (Å²) in [6.07, 6.45) is -3.46. The van der Waals surface area contributed by atoms with Crippen LogP contribution < -0.4 is 10.2 Å². The third-order valence-electron chi connectivity index (χ3n) is 5.54. The number of carbonyl (C=O) groups excluding carboxylic acids is 1. The van der Waals surface area contributed by atoms with Gasteiger partial charge in [0, 0.05) is 24.7 Å². The molecule has 1 fully saturated rings. The lowest BCUT2D eigenvalue weighted by Crippen LogP contribution is -2.38. The average molecular weight is 432 g/mol. The van der Waals surface area contributed by atoms with E-state index in [1.807, 2.05) is 29.2 Å². The molecule has 10 heteroatoms. The van der Waals surface area contributed by atoms with Gasteiger partial charge in [0.05, 0.1) is 0 Å². The van der Waals surface area contributed by atoms with Crippen LogP contribution in [0.5, 0.6) is 0 Å². The van der Waals surface area contributed by atoms with Gasteiger partial charge in [0.2, 0.25) is 5.91 Å². The summed E-state index contributed by atoms with van der Waals surface area (Å²) in [5.74, 6) is -0.529. The van der Waals surface area contributed by atoms with Crippen molar-refractivity contribution in [3.8, 4) is 0 Å². The van der Waals surface area contributed by atoms with Crippen LogP contribution >= 0.6 is 0 Å². The standard InChI is InChI=1S/C21H23F3N6O/c1-13(2)14-3-5-16(6-4-14)25-19(31)15-9-11-29(12-10-15)18-8-7-17-26-27-20(21(22,23)24)30(17)28-18/h3-8,13,15H,9-12H2,1-2H3,(H,25,31). The van der Waals surface area contributed by atoms with Gasteiger partial charge in [-0.25, -0.2) is 0 Å². The zero-order valence-electron chi connectivity index (χ0n) is 17.2. The predicted octanol–water partition coefficient (Wildman–Crippen LogP) is 4.12. The van der Waals surface area contributed by atoms with E-state index in [4.69, 9.17) is 0 Å². The highest BCUT2D eigenvalue weighted by atomic mass is 19.4. The van der Waals surface area contributed by atoms with Crippen molar-refractivity contribution in [2.75, 3.05) is 23.3 Å². The zero-order valence-corrected chi connectivity index (χ0v) is 17.2. The molecule has 3 heterocycles. The van der Waals surface area contributed by atoms with Crippen LogP contribution in [0.4, 0.5) is 24.7 Å². The number of hydrogen-bond donors (Lipinski definition) is 1. The van der Waals surface area contributed by atoms with Gasteiger partial charge in [0.15, 0.2) is 5.65 Å². The molecule has 1 saturated heterocycles. The first-order chi connectivity index (χ1) is 14.7. The third-order valence-corrected chi connectivity index (χ3v) is 5.54. The first-order valence-corrected chi connectivity index (χ1v) is 10.2. The van der Waals surface area contributed by atoms with E-state index in [2.05, 4.69) is 34.5 Å². The van der Waals surface area contributed by atoms with Gasteiger partial charge < -0.3 is 10.2 Å². The number of hydrogen-bond acceptors (Lipinski definition) is 5. The monoisotopic (exact) mass is 432 g/mol. The topological polar surface area (TPSA) is 75.4 Å². The fourth-order valence-electron chi connectivity index (χ4n) is 3.69. The van der Waals surface area contributed by atoms with Crippen LogP contribution in [0.2, 0.25) is 0 Å². The summed E-state index contributed by atoms with van der Waals surface area (Å²) < 4.78 is 40.0. The summed E-state index contributed by atoms with van der Waals surface area (Å²) in [6.45, 7) is 5.27. The van der Waals surface area contributed by atoms with Gasteiger partial charge >= 0.3 is 6.18 Å². The van der Waals surface area contributed by atoms with E-state index in [9.17, 15) is 18.0 Å². The molecule has 0 bridgehead atoms. The number of rotatable bonds is 4. The quantitative estimate of drug-likeness (QED) is 0.671. The van der Waals surface area contributed by atoms with Gasteiger partial charge in [-0.1, -0.05) is 26.0 Å². The summed E-state index contributed by atoms with van der Waals surface area (Å²) in [7, 11) is 0. The van der Waals surface area contributed by atoms with Crippen LogP contribution in [0.15, 0.2) is 36.4 Å². The molecule has 0 saturated carbocycles. The van der Waals surface area contributed by atoms with Crippen LogP contribution in [-0.2, 0) is 11.0 Å². The fraction of sp³-hybridized carbons (Fsp3) is 0.429. The minimum absolute atomic E-state index is 0.0359. The first-order valence-electron chi connectivity index (χ1n) is 10.2. The number of aromatic nitrogens is 4. The molecule has 0 spiro atoms. The third kappa shape index (κ3) is 4.47. The van der Waals surface area contributed by atoms with Crippen molar-refractivity contribution in [2.24, 2.45) is 5.92 Å². The fourth-order valence-corrected chi connectivity index (χ4v) is 3.69. The Bertz CT molecular complexity index is 1070. The molecule has 0 radical (unpaired) electrons. The molecular formula is C21H23F3N6O. The lowest BCUT2D eigenvalue weighted by molar-refractivity contribution is -0.146. The molecular weight excluding hydrogens is 409 g/mol. The number of fused-ring (bicyclic) bond motifs is 1. The molecule has 3 aromatic rings. The Morgan fingerprint density at radius 2 is 1.74 bits per heavy atom. The minimum atomic E-state index is -4.64. The summed E-state index contributed by atoms with van der Waals surface area (Å²) in [5, 5.41) is 13.8. The van der Waals surface area contributed by atoms with Gasteiger partial charge in [-0.05, 0) is 48.6 Å². The van der Waals surface area contributed by atoms with Gasteiger partial charge in [-0.2, -0.15) is 17.7 Å². The molecule has 164 valence electrons. The van der Waals surface area contributed by atoms with Crippen molar-refractivity contribution < 1.29 is 18.0 Å². The maximum atomic E-state index is 13.1. The number of carbonyl (C=O) groups is 1. The summed E-state index contributed by atoms with van der Waals surface area (Å²) in [5.41, 5.74) is 2.00. The maximum Gasteiger partial charge on any atom is 0.453 e. The van der Waals surface area contributed by atoms with Gasteiger partial charge in [-0.15, -0.1) is 15.3 Å². The van der Waals surface area contributed by atoms with Crippen molar-refractivity contribution in [1.82, 2.24) is 19.8 Å². The Morgan fingerprint density at radius 1 is 1.06 bits per heavy atom. The summed E-state index contributed by atoms with van der Waals surface area (Å²) in [4.78, 5) is 14.5. The molecule has 2 aromatic heterocycles. The van der Waals surface area contributed by atoms with Crippen molar-refractivity contribution >= 4 is 23.1 Å². The zero-order chi connectivity index (χ0) is 22.2. The number of alkyl halides is 3. The van der Waals surface area contributed by atoms with Crippen molar-refractivity contribution in [3.63, 3.8) is 0 Å². The van der Waals surface area contributed by atoms with E-state index < -0.39 is 12.0 Å². The predicted molar refractivity (Wildman–Crippen MR) is 110 cm³/mol. The van der Waals surface area contributed by atoms with Gasteiger partial charge in [0.1, 0.15) is 5.82 Å². The van der Waals surface area contributed by atoms with Gasteiger partial charge in [-0.3, -0.25) is 4.79 Å². The lowest BCUT2D eigenvalue weighted by Gasteiger charge is -2.32. The SMILES string of the molecule is CC(C)c1ccc(NC(=O)C2CCN(c3ccc4nnc(C(F)(F)F)n4n3)CC2)cc1. The normalized spacial score (nSPS) is 15.6. The van der Waals surface area contributed by atoms with Gasteiger partial charge in [0.25, 0.3) is 5.82 Å². The van der Waals surface area contributed by atoms with E-state index in [-0.39, 0.29) is 17.5 Å². The largest absolute Gasteiger partial charge is 0.453 e. The van der Waals surface area contributed by atoms with Crippen LogP contribution in [0.3, 0.4) is 0 Å². The molecule has 0 atom stereocenters. The Hall–Kier alpha value is -3.17. The Balaban J connectivity index is 1.39. The molecule has 1 aromatic carbocycles. The second-order valence-electron chi connectivity index (χ2n) is 8.01. The maximum absolute atomic E-state index is 13.1. The molecule has 1 aliphatic heterocycles. The number of amides is 1. The van der Waals surface area contributed by atoms with E-state index in [0.717, 1.165) is 10.2 Å². The van der Waals surface area contributed by atoms with Crippen molar-refractivity contribution in [3.05, 3.63) is 47.8 Å². The number of benzene rings is 1. The van der Waals surface area contributed by atoms with Crippen LogP contribution in [0, 0.1) is 5.92 Å². The number of anilines is 2. The summed E-state index contributed by atoms with van der Waals surface area (Å²) >= 11 is 0. The van der Waals surface area contributed by atoms with Crippen LogP contribution in [-0.4, -0.2) is 38.8 Å². The second kappa shape index (κ2) is 8.16. The first kappa shape index (κ1) is 21.1. The molecule has 1 aliphatic rings. The van der Waals surface area contributed by atoms with Crippen LogP contribution in [0.25, 0.3) is 5.65 Å². The molecule has 4 rings (SSSR count). The number of nitrogens with one attached hydrogen (secondary N) is 1. The minimum Gasteiger partial charge on any atom is -0.355 e. The molecule has 0 aliphatic carbocycles. The average Bonchev–Trinajstić information content (AvgIpc) is 3.18. The number of halogens is 3. The Kier molecular flexibility index (Phi) is 5.55. The highest BCUT2D eigenvalue weighted by molar-refractivity contribution is 5.92. The van der Waals surface area contributed by atoms with Crippen molar-refractivity contribution in [1.29, 1.82) is 0 Å². The highest BCUT2D eigenvalue weighted by Crippen LogP contribution is 2.29. The number of nitrogens with zero attached hydrogens (tertiary/aromatic N) is 5. The molecule has 1 N–H and O–H groups in total. The summed E-state index contributed by atoms with van der Waals surface area (Å²) in [6, 6.07) is 10.9. The van der Waals surface area contributed by atoms with E-state index in [0.29, 0.717) is 37.7 Å². The van der Waals surface area contributed by atoms with E-state index in [1.54, 1.807) is 6.07 Å². The molecule has 7 nitrogen and oxygen atoms in total. The van der Waals surface area contributed by atoms with E-state index in [1.165, 1.54) is 11.6 Å².